The summed E-state index contributed by atoms with van der Waals surface area (Å²) in [6, 6.07) is -1.49. The van der Waals surface area contributed by atoms with E-state index in [1.54, 1.807) is 0 Å². The number of carboxylic acid groups (broad SMARTS) is 1. The molecule has 0 saturated carbocycles. The Morgan fingerprint density at radius 1 is 1.64 bits per heavy atom. The topological polar surface area (TPSA) is 148 Å². The molecule has 0 spiro atoms. The number of carboxylic acids is 1. The SMILES string of the molecule is CN(C(=N)N)C(CP(=O)(O)O)C(=O)O. The monoisotopic (exact) mass is 225 g/mol. The Bertz CT molecular complexity index is 287. The molecule has 0 aliphatic rings. The number of nitrogens with one attached hydrogen (secondary N) is 1. The maximum atomic E-state index is 10.6. The van der Waals surface area contributed by atoms with Gasteiger partial charge in [-0.3, -0.25) is 9.97 Å². The molecule has 1 atom stereocenters. The number of nitrogens with two attached hydrogens (primary N) is 1. The third-order valence-corrected chi connectivity index (χ3v) is 2.36. The fourth-order valence-corrected chi connectivity index (χ4v) is 1.61. The lowest BCUT2D eigenvalue weighted by Gasteiger charge is -2.24. The van der Waals surface area contributed by atoms with Crippen LogP contribution in [0.15, 0.2) is 0 Å². The zero-order valence-electron chi connectivity index (χ0n) is 7.41. The molecular formula is C5H12N3O5P. The molecule has 0 heterocycles. The van der Waals surface area contributed by atoms with Crippen LogP contribution in [0.4, 0.5) is 0 Å². The predicted octanol–water partition coefficient (Wildman–Crippen LogP) is -1.56. The van der Waals surface area contributed by atoms with E-state index in [0.717, 1.165) is 4.90 Å². The molecular weight excluding hydrogens is 213 g/mol. The molecule has 0 rings (SSSR count). The van der Waals surface area contributed by atoms with Gasteiger partial charge in [-0.15, -0.1) is 0 Å². The van der Waals surface area contributed by atoms with Crippen LogP contribution in [-0.2, 0) is 9.36 Å². The van der Waals surface area contributed by atoms with Gasteiger partial charge in [-0.25, -0.2) is 4.79 Å². The normalized spacial score (nSPS) is 13.4. The summed E-state index contributed by atoms with van der Waals surface area (Å²) in [5, 5.41) is 15.5. The number of likely N-dealkylation sites (N-methyl/N-ethyl adjacent to an activating group) is 1. The largest absolute Gasteiger partial charge is 0.480 e. The van der Waals surface area contributed by atoms with Gasteiger partial charge in [0.25, 0.3) is 0 Å². The van der Waals surface area contributed by atoms with Crippen molar-refractivity contribution in [2.45, 2.75) is 6.04 Å². The third kappa shape index (κ3) is 4.22. The molecule has 0 aromatic rings. The minimum Gasteiger partial charge on any atom is -0.480 e. The number of guanidine groups is 1. The van der Waals surface area contributed by atoms with Crippen molar-refractivity contribution in [2.24, 2.45) is 5.73 Å². The molecule has 0 amide bonds. The molecule has 0 saturated heterocycles. The fourth-order valence-electron chi connectivity index (χ4n) is 0.759. The Kier molecular flexibility index (Phi) is 4.06. The minimum absolute atomic E-state index is 0.564. The summed E-state index contributed by atoms with van der Waals surface area (Å²) in [6.07, 6.45) is -0.877. The van der Waals surface area contributed by atoms with Crippen LogP contribution in [0, 0.1) is 5.41 Å². The predicted molar refractivity (Wildman–Crippen MR) is 48.0 cm³/mol. The summed E-state index contributed by atoms with van der Waals surface area (Å²) in [6.45, 7) is 0. The Balaban J connectivity index is 4.70. The number of rotatable bonds is 4. The Morgan fingerprint density at radius 3 is 2.29 bits per heavy atom. The summed E-state index contributed by atoms with van der Waals surface area (Å²) in [5.74, 6) is -2.00. The van der Waals surface area contributed by atoms with E-state index in [0.29, 0.717) is 0 Å². The molecule has 0 radical (unpaired) electrons. The first-order chi connectivity index (χ1) is 6.15. The van der Waals surface area contributed by atoms with Crippen LogP contribution in [-0.4, -0.2) is 51.0 Å². The number of hydrogen-bond acceptors (Lipinski definition) is 3. The molecule has 0 aromatic heterocycles. The molecule has 0 fully saturated rings. The van der Waals surface area contributed by atoms with Crippen LogP contribution in [0.1, 0.15) is 0 Å². The average molecular weight is 225 g/mol. The highest BCUT2D eigenvalue weighted by molar-refractivity contribution is 7.51. The van der Waals surface area contributed by atoms with E-state index < -0.39 is 31.7 Å². The molecule has 9 heteroatoms. The molecule has 0 aliphatic carbocycles. The van der Waals surface area contributed by atoms with Gasteiger partial charge < -0.3 is 25.5 Å². The first kappa shape index (κ1) is 12.9. The van der Waals surface area contributed by atoms with E-state index >= 15 is 0 Å². The summed E-state index contributed by atoms with van der Waals surface area (Å²) < 4.78 is 10.6. The van der Waals surface area contributed by atoms with Crippen molar-refractivity contribution < 1.29 is 24.3 Å². The zero-order valence-corrected chi connectivity index (χ0v) is 8.31. The second-order valence-corrected chi connectivity index (χ2v) is 4.39. The van der Waals surface area contributed by atoms with Crippen LogP contribution < -0.4 is 5.73 Å². The van der Waals surface area contributed by atoms with E-state index in [1.807, 2.05) is 0 Å². The molecule has 0 bridgehead atoms. The summed E-state index contributed by atoms with van der Waals surface area (Å²) in [7, 11) is -3.27. The minimum atomic E-state index is -4.44. The van der Waals surface area contributed by atoms with Gasteiger partial charge in [0, 0.05) is 7.05 Å². The Labute approximate surface area is 80.0 Å². The van der Waals surface area contributed by atoms with Crippen molar-refractivity contribution in [1.82, 2.24) is 4.90 Å². The van der Waals surface area contributed by atoms with E-state index in [2.05, 4.69) is 0 Å². The van der Waals surface area contributed by atoms with Gasteiger partial charge >= 0.3 is 13.6 Å². The lowest BCUT2D eigenvalue weighted by molar-refractivity contribution is -0.140. The quantitative estimate of drug-likeness (QED) is 0.221. The standard InChI is InChI=1S/C5H12N3O5P/c1-8(5(6)7)3(4(9)10)2-14(11,12)13/h3H,2H2,1H3,(H3,6,7)(H,9,10)(H2,11,12,13). The highest BCUT2D eigenvalue weighted by Crippen LogP contribution is 2.35. The van der Waals surface area contributed by atoms with Gasteiger partial charge in [0.05, 0.1) is 6.16 Å². The van der Waals surface area contributed by atoms with Crippen LogP contribution in [0.3, 0.4) is 0 Å². The van der Waals surface area contributed by atoms with E-state index in [1.165, 1.54) is 7.05 Å². The summed E-state index contributed by atoms with van der Waals surface area (Å²) >= 11 is 0. The van der Waals surface area contributed by atoms with Gasteiger partial charge in [-0.05, 0) is 0 Å². The average Bonchev–Trinajstić information content (AvgIpc) is 1.96. The second kappa shape index (κ2) is 4.41. The molecule has 1 unspecified atom stereocenters. The first-order valence-electron chi connectivity index (χ1n) is 3.49. The van der Waals surface area contributed by atoms with Gasteiger partial charge in [0.2, 0.25) is 0 Å². The van der Waals surface area contributed by atoms with Crippen LogP contribution in [0.25, 0.3) is 0 Å². The lowest BCUT2D eigenvalue weighted by atomic mass is 10.3. The van der Waals surface area contributed by atoms with E-state index in [9.17, 15) is 9.36 Å². The van der Waals surface area contributed by atoms with Crippen LogP contribution in [0.5, 0.6) is 0 Å². The van der Waals surface area contributed by atoms with E-state index in [4.69, 9.17) is 26.0 Å². The van der Waals surface area contributed by atoms with Gasteiger partial charge in [-0.1, -0.05) is 0 Å². The van der Waals surface area contributed by atoms with Crippen molar-refractivity contribution in [2.75, 3.05) is 13.2 Å². The molecule has 6 N–H and O–H groups in total. The van der Waals surface area contributed by atoms with Crippen molar-refractivity contribution in [1.29, 1.82) is 5.41 Å². The van der Waals surface area contributed by atoms with E-state index in [-0.39, 0.29) is 0 Å². The molecule has 0 aliphatic heterocycles. The number of nitrogens with zero attached hydrogens (tertiary/aromatic N) is 1. The highest BCUT2D eigenvalue weighted by Gasteiger charge is 2.31. The Hall–Kier alpha value is -1.11. The molecule has 0 aromatic carbocycles. The molecule has 82 valence electrons. The Morgan fingerprint density at radius 2 is 2.07 bits per heavy atom. The van der Waals surface area contributed by atoms with Gasteiger partial charge in [0.15, 0.2) is 5.96 Å². The van der Waals surface area contributed by atoms with Crippen LogP contribution in [0.2, 0.25) is 0 Å². The number of carbonyl (C=O) groups is 1. The number of aliphatic carboxylic acids is 1. The molecule has 8 nitrogen and oxygen atoms in total. The maximum Gasteiger partial charge on any atom is 0.328 e. The molecule has 14 heavy (non-hydrogen) atoms. The highest BCUT2D eigenvalue weighted by atomic mass is 31.2. The fraction of sp³-hybridized carbons (Fsp3) is 0.600. The van der Waals surface area contributed by atoms with Crippen molar-refractivity contribution in [3.63, 3.8) is 0 Å². The van der Waals surface area contributed by atoms with Crippen molar-refractivity contribution in [3.8, 4) is 0 Å². The second-order valence-electron chi connectivity index (χ2n) is 2.70. The van der Waals surface area contributed by atoms with Crippen molar-refractivity contribution in [3.05, 3.63) is 0 Å². The zero-order chi connectivity index (χ0) is 11.5. The maximum absolute atomic E-state index is 10.6. The van der Waals surface area contributed by atoms with Crippen molar-refractivity contribution >= 4 is 19.5 Å². The smallest absolute Gasteiger partial charge is 0.328 e. The lowest BCUT2D eigenvalue weighted by Crippen LogP contribution is -2.47. The van der Waals surface area contributed by atoms with Gasteiger partial charge in [-0.2, -0.15) is 0 Å². The first-order valence-corrected chi connectivity index (χ1v) is 5.29. The summed E-state index contributed by atoms with van der Waals surface area (Å²) in [4.78, 5) is 28.5. The summed E-state index contributed by atoms with van der Waals surface area (Å²) in [5.41, 5.74) is 4.99. The van der Waals surface area contributed by atoms with Gasteiger partial charge in [0.1, 0.15) is 6.04 Å². The third-order valence-electron chi connectivity index (χ3n) is 1.54. The van der Waals surface area contributed by atoms with Crippen LogP contribution >= 0.6 is 7.60 Å². The number of hydrogen-bond donors (Lipinski definition) is 5.